The van der Waals surface area contributed by atoms with E-state index in [1.165, 1.54) is 0 Å². The van der Waals surface area contributed by atoms with Gasteiger partial charge in [-0.1, -0.05) is 24.3 Å². The molecule has 3 saturated heterocycles. The maximum absolute atomic E-state index is 12.6. The van der Waals surface area contributed by atoms with E-state index in [1.807, 2.05) is 48.5 Å². The van der Waals surface area contributed by atoms with Gasteiger partial charge in [0.1, 0.15) is 0 Å². The van der Waals surface area contributed by atoms with Gasteiger partial charge in [-0.25, -0.2) is 0 Å². The van der Waals surface area contributed by atoms with Crippen LogP contribution in [-0.2, 0) is 4.79 Å². The molecule has 4 nitrogen and oxygen atoms in total. The van der Waals surface area contributed by atoms with Gasteiger partial charge in [0, 0.05) is 17.9 Å². The fraction of sp³-hybridized carbons (Fsp3) is 0.350. The maximum atomic E-state index is 12.6. The molecule has 3 heterocycles. The predicted octanol–water partition coefficient (Wildman–Crippen LogP) is 3.22. The van der Waals surface area contributed by atoms with Crippen LogP contribution in [0.3, 0.4) is 0 Å². The van der Waals surface area contributed by atoms with Crippen LogP contribution in [0.25, 0.3) is 11.1 Å². The Balaban J connectivity index is 1.45. The molecule has 24 heavy (non-hydrogen) atoms. The zero-order valence-corrected chi connectivity index (χ0v) is 13.7. The van der Waals surface area contributed by atoms with E-state index in [0.29, 0.717) is 5.92 Å². The summed E-state index contributed by atoms with van der Waals surface area (Å²) in [7, 11) is 0. The van der Waals surface area contributed by atoms with Crippen LogP contribution in [0.5, 0.6) is 0 Å². The maximum Gasteiger partial charge on any atom is 0.229 e. The van der Waals surface area contributed by atoms with Crippen molar-refractivity contribution in [3.63, 3.8) is 0 Å². The molecule has 0 aromatic heterocycles. The summed E-state index contributed by atoms with van der Waals surface area (Å²) in [5.74, 6) is 0.865. The second kappa shape index (κ2) is 6.29. The zero-order valence-electron chi connectivity index (χ0n) is 13.7. The molecule has 1 atom stereocenters. The molecule has 3 aliphatic rings. The number of nitrogens with zero attached hydrogens (tertiary/aromatic N) is 1. The van der Waals surface area contributed by atoms with Crippen molar-refractivity contribution in [2.75, 3.05) is 30.7 Å². The molecule has 3 aliphatic heterocycles. The van der Waals surface area contributed by atoms with Gasteiger partial charge in [-0.2, -0.15) is 0 Å². The summed E-state index contributed by atoms with van der Waals surface area (Å²) in [5.41, 5.74) is 9.65. The minimum atomic E-state index is 0.140. The lowest BCUT2D eigenvalue weighted by atomic mass is 9.78. The third-order valence-electron chi connectivity index (χ3n) is 5.37. The number of nitrogen functional groups attached to an aromatic ring is 1. The number of nitrogens with two attached hydrogens (primary N) is 1. The normalized spacial score (nSPS) is 25.4. The lowest BCUT2D eigenvalue weighted by Gasteiger charge is -2.43. The number of carbonyl (C=O) groups excluding carboxylic acids is 1. The number of anilines is 2. The first-order valence-corrected chi connectivity index (χ1v) is 8.68. The molecule has 3 N–H and O–H groups in total. The minimum Gasteiger partial charge on any atom is -0.399 e. The number of carbonyl (C=O) groups is 1. The molecule has 124 valence electrons. The largest absolute Gasteiger partial charge is 0.399 e. The van der Waals surface area contributed by atoms with Crippen molar-refractivity contribution in [2.24, 2.45) is 11.8 Å². The van der Waals surface area contributed by atoms with Crippen LogP contribution in [0.1, 0.15) is 12.8 Å². The van der Waals surface area contributed by atoms with Gasteiger partial charge in [-0.05, 0) is 67.2 Å². The van der Waals surface area contributed by atoms with Gasteiger partial charge in [0.05, 0.1) is 5.92 Å². The average molecular weight is 321 g/mol. The third kappa shape index (κ3) is 3.02. The molecule has 0 unspecified atom stereocenters. The zero-order chi connectivity index (χ0) is 16.5. The van der Waals surface area contributed by atoms with E-state index >= 15 is 0 Å². The number of nitrogens with one attached hydrogen (secondary N) is 1. The van der Waals surface area contributed by atoms with Crippen LogP contribution < -0.4 is 11.1 Å². The third-order valence-corrected chi connectivity index (χ3v) is 5.37. The first-order valence-electron chi connectivity index (χ1n) is 8.68. The molecule has 0 radical (unpaired) electrons. The molecule has 3 fully saturated rings. The summed E-state index contributed by atoms with van der Waals surface area (Å²) in [6.45, 7) is 3.23. The van der Waals surface area contributed by atoms with Crippen molar-refractivity contribution in [3.8, 4) is 11.1 Å². The Kier molecular flexibility index (Phi) is 3.98. The van der Waals surface area contributed by atoms with Crippen molar-refractivity contribution in [1.82, 2.24) is 4.90 Å². The topological polar surface area (TPSA) is 58.4 Å². The Bertz CT molecular complexity index is 733. The van der Waals surface area contributed by atoms with E-state index in [0.717, 1.165) is 55.0 Å². The highest BCUT2D eigenvalue weighted by Gasteiger charge is 2.38. The van der Waals surface area contributed by atoms with E-state index in [4.69, 9.17) is 5.73 Å². The highest BCUT2D eigenvalue weighted by Crippen LogP contribution is 2.33. The number of hydrogen-bond acceptors (Lipinski definition) is 3. The second-order valence-corrected chi connectivity index (χ2v) is 6.94. The Hall–Kier alpha value is -2.33. The van der Waals surface area contributed by atoms with Crippen LogP contribution in [0.2, 0.25) is 0 Å². The average Bonchev–Trinajstić information content (AvgIpc) is 2.63. The van der Waals surface area contributed by atoms with Gasteiger partial charge in [0.15, 0.2) is 0 Å². The van der Waals surface area contributed by atoms with Crippen LogP contribution in [0.4, 0.5) is 11.4 Å². The highest BCUT2D eigenvalue weighted by atomic mass is 16.1. The monoisotopic (exact) mass is 321 g/mol. The van der Waals surface area contributed by atoms with E-state index in [2.05, 4.69) is 10.2 Å². The van der Waals surface area contributed by atoms with Gasteiger partial charge in [0.25, 0.3) is 0 Å². The second-order valence-electron chi connectivity index (χ2n) is 6.94. The molecule has 1 amide bonds. The van der Waals surface area contributed by atoms with Crippen molar-refractivity contribution < 1.29 is 4.79 Å². The van der Waals surface area contributed by atoms with E-state index < -0.39 is 0 Å². The Morgan fingerprint density at radius 3 is 2.42 bits per heavy atom. The first-order chi connectivity index (χ1) is 11.7. The lowest BCUT2D eigenvalue weighted by Crippen LogP contribution is -2.51. The molecule has 5 rings (SSSR count). The lowest BCUT2D eigenvalue weighted by molar-refractivity contribution is -0.125. The van der Waals surface area contributed by atoms with E-state index in [1.54, 1.807) is 0 Å². The molecule has 0 saturated carbocycles. The molecule has 0 aliphatic carbocycles. The van der Waals surface area contributed by atoms with Gasteiger partial charge in [-0.15, -0.1) is 0 Å². The van der Waals surface area contributed by atoms with Crippen LogP contribution in [0, 0.1) is 11.8 Å². The van der Waals surface area contributed by atoms with Crippen molar-refractivity contribution >= 4 is 17.3 Å². The molecular formula is C20H23N3O. The Morgan fingerprint density at radius 1 is 1.04 bits per heavy atom. The number of rotatable bonds is 3. The van der Waals surface area contributed by atoms with Crippen LogP contribution in [-0.4, -0.2) is 30.4 Å². The fourth-order valence-electron chi connectivity index (χ4n) is 3.96. The van der Waals surface area contributed by atoms with Crippen molar-refractivity contribution in [3.05, 3.63) is 48.5 Å². The summed E-state index contributed by atoms with van der Waals surface area (Å²) in [6.07, 6.45) is 2.32. The Labute approximate surface area is 142 Å². The minimum absolute atomic E-state index is 0.140. The number of amides is 1. The molecule has 2 aromatic carbocycles. The van der Waals surface area contributed by atoms with Crippen LogP contribution >= 0.6 is 0 Å². The molecule has 4 heteroatoms. The molecule has 0 spiro atoms. The smallest absolute Gasteiger partial charge is 0.229 e. The molecule has 2 aromatic rings. The summed E-state index contributed by atoms with van der Waals surface area (Å²) in [4.78, 5) is 15.0. The van der Waals surface area contributed by atoms with E-state index in [-0.39, 0.29) is 11.8 Å². The summed E-state index contributed by atoms with van der Waals surface area (Å²) >= 11 is 0. The number of benzene rings is 2. The SMILES string of the molecule is Nc1cccc(-c2ccc(NC(=O)[C@H]3CN4CCC3CC4)cc2)c1. The number of piperidine rings is 3. The standard InChI is InChI=1S/C20H23N3O/c21-17-3-1-2-16(12-17)14-4-6-18(7-5-14)22-20(24)19-13-23-10-8-15(19)9-11-23/h1-7,12,15,19H,8-11,13,21H2,(H,22,24)/t19-/m0/s1. The summed E-state index contributed by atoms with van der Waals surface area (Å²) in [5, 5.41) is 3.10. The highest BCUT2D eigenvalue weighted by molar-refractivity contribution is 5.93. The van der Waals surface area contributed by atoms with Gasteiger partial charge in [-0.3, -0.25) is 4.79 Å². The Morgan fingerprint density at radius 2 is 1.79 bits per heavy atom. The fourth-order valence-corrected chi connectivity index (χ4v) is 3.96. The van der Waals surface area contributed by atoms with E-state index in [9.17, 15) is 4.79 Å². The predicted molar refractivity (Wildman–Crippen MR) is 97.6 cm³/mol. The van der Waals surface area contributed by atoms with Crippen LogP contribution in [0.15, 0.2) is 48.5 Å². The first kappa shape index (κ1) is 15.2. The van der Waals surface area contributed by atoms with Crippen molar-refractivity contribution in [2.45, 2.75) is 12.8 Å². The molecule has 2 bridgehead atoms. The van der Waals surface area contributed by atoms with Gasteiger partial charge in [0.2, 0.25) is 5.91 Å². The number of fused-ring (bicyclic) bond motifs is 3. The van der Waals surface area contributed by atoms with Gasteiger partial charge < -0.3 is 16.0 Å². The quantitative estimate of drug-likeness (QED) is 0.854. The van der Waals surface area contributed by atoms with Crippen molar-refractivity contribution in [1.29, 1.82) is 0 Å². The number of hydrogen-bond donors (Lipinski definition) is 2. The van der Waals surface area contributed by atoms with Gasteiger partial charge >= 0.3 is 0 Å². The molecular weight excluding hydrogens is 298 g/mol. The summed E-state index contributed by atoms with van der Waals surface area (Å²) < 4.78 is 0. The summed E-state index contributed by atoms with van der Waals surface area (Å²) in [6, 6.07) is 15.8.